The summed E-state index contributed by atoms with van der Waals surface area (Å²) in [6, 6.07) is 0. The third-order valence-corrected chi connectivity index (χ3v) is 5.38. The monoisotopic (exact) mass is 237 g/mol. The third kappa shape index (κ3) is 3.05. The maximum absolute atomic E-state index is 2.69. The normalized spacial score (nSPS) is 27.4. The summed E-state index contributed by atoms with van der Waals surface area (Å²) in [7, 11) is 0. The molecule has 1 aliphatic heterocycles. The minimum atomic E-state index is 0.779. The van der Waals surface area contributed by atoms with Crippen molar-refractivity contribution in [2.75, 3.05) is 19.6 Å². The molecule has 1 saturated heterocycles. The lowest BCUT2D eigenvalue weighted by Gasteiger charge is -2.54. The summed E-state index contributed by atoms with van der Waals surface area (Å²) in [5.41, 5.74) is 0.779. The minimum Gasteiger partial charge on any atom is -0.303 e. The zero-order valence-electron chi connectivity index (χ0n) is 12.3. The second-order valence-corrected chi connectivity index (χ2v) is 7.25. The first kappa shape index (κ1) is 13.4. The van der Waals surface area contributed by atoms with Crippen molar-refractivity contribution in [3.05, 3.63) is 0 Å². The van der Waals surface area contributed by atoms with E-state index in [0.29, 0.717) is 0 Å². The van der Waals surface area contributed by atoms with Gasteiger partial charge >= 0.3 is 0 Å². The Morgan fingerprint density at radius 1 is 1.12 bits per heavy atom. The van der Waals surface area contributed by atoms with Gasteiger partial charge in [-0.25, -0.2) is 0 Å². The molecule has 1 heteroatoms. The van der Waals surface area contributed by atoms with Crippen LogP contribution in [-0.2, 0) is 0 Å². The van der Waals surface area contributed by atoms with Gasteiger partial charge in [0.05, 0.1) is 0 Å². The molecular formula is C16H31N. The molecule has 2 rings (SSSR count). The smallest absolute Gasteiger partial charge is 0.000439 e. The molecule has 1 saturated carbocycles. The predicted molar refractivity (Wildman–Crippen MR) is 75.1 cm³/mol. The SMILES string of the molecule is CC[C@@H](C)C1CC2(CCN(CC(C)C)CC2)C1. The van der Waals surface area contributed by atoms with Gasteiger partial charge in [0.15, 0.2) is 0 Å². The van der Waals surface area contributed by atoms with Gasteiger partial charge in [-0.3, -0.25) is 0 Å². The highest BCUT2D eigenvalue weighted by Gasteiger charge is 2.46. The van der Waals surface area contributed by atoms with Gasteiger partial charge in [0, 0.05) is 6.54 Å². The molecule has 0 aromatic heterocycles. The molecule has 0 unspecified atom stereocenters. The van der Waals surface area contributed by atoms with Gasteiger partial charge in [-0.05, 0) is 61.9 Å². The Hall–Kier alpha value is -0.0400. The Kier molecular flexibility index (Phi) is 4.18. The summed E-state index contributed by atoms with van der Waals surface area (Å²) >= 11 is 0. The van der Waals surface area contributed by atoms with E-state index in [2.05, 4.69) is 32.6 Å². The Balaban J connectivity index is 1.73. The number of piperidine rings is 1. The Labute approximate surface area is 108 Å². The molecule has 0 amide bonds. The van der Waals surface area contributed by atoms with Crippen LogP contribution in [0.1, 0.15) is 59.8 Å². The molecule has 2 fully saturated rings. The van der Waals surface area contributed by atoms with Crippen LogP contribution in [0.25, 0.3) is 0 Å². The van der Waals surface area contributed by atoms with Crippen molar-refractivity contribution in [1.29, 1.82) is 0 Å². The number of rotatable bonds is 4. The van der Waals surface area contributed by atoms with E-state index in [1.54, 1.807) is 0 Å². The average Bonchev–Trinajstić information content (AvgIpc) is 2.25. The van der Waals surface area contributed by atoms with Crippen LogP contribution in [0.3, 0.4) is 0 Å². The van der Waals surface area contributed by atoms with Gasteiger partial charge in [0.2, 0.25) is 0 Å². The molecule has 0 bridgehead atoms. The summed E-state index contributed by atoms with van der Waals surface area (Å²) < 4.78 is 0. The molecule has 1 spiro atoms. The van der Waals surface area contributed by atoms with Crippen LogP contribution < -0.4 is 0 Å². The highest BCUT2D eigenvalue weighted by molar-refractivity contribution is 4.98. The van der Waals surface area contributed by atoms with Crippen molar-refractivity contribution in [2.45, 2.75) is 59.8 Å². The highest BCUT2D eigenvalue weighted by Crippen LogP contribution is 2.55. The fourth-order valence-corrected chi connectivity index (χ4v) is 3.92. The van der Waals surface area contributed by atoms with E-state index < -0.39 is 0 Å². The van der Waals surface area contributed by atoms with Crippen molar-refractivity contribution in [3.8, 4) is 0 Å². The Morgan fingerprint density at radius 2 is 1.71 bits per heavy atom. The topological polar surface area (TPSA) is 3.24 Å². The van der Waals surface area contributed by atoms with Gasteiger partial charge in [-0.1, -0.05) is 34.1 Å². The molecule has 0 radical (unpaired) electrons. The van der Waals surface area contributed by atoms with E-state index >= 15 is 0 Å². The van der Waals surface area contributed by atoms with Crippen LogP contribution in [0.15, 0.2) is 0 Å². The maximum atomic E-state index is 2.69. The summed E-state index contributed by atoms with van der Waals surface area (Å²) in [5.74, 6) is 2.85. The van der Waals surface area contributed by atoms with Gasteiger partial charge in [0.1, 0.15) is 0 Å². The lowest BCUT2D eigenvalue weighted by molar-refractivity contribution is -0.0361. The van der Waals surface area contributed by atoms with Crippen LogP contribution in [0.4, 0.5) is 0 Å². The van der Waals surface area contributed by atoms with E-state index in [1.165, 1.54) is 51.7 Å². The standard InChI is InChI=1S/C16H31N/c1-5-14(4)15-10-16(11-15)6-8-17(9-7-16)12-13(2)3/h13-15H,5-12H2,1-4H3/t14-/m1/s1. The van der Waals surface area contributed by atoms with E-state index in [4.69, 9.17) is 0 Å². The quantitative estimate of drug-likeness (QED) is 0.709. The van der Waals surface area contributed by atoms with Crippen molar-refractivity contribution in [1.82, 2.24) is 4.90 Å². The number of hydrogen-bond donors (Lipinski definition) is 0. The number of likely N-dealkylation sites (tertiary alicyclic amines) is 1. The van der Waals surface area contributed by atoms with Crippen molar-refractivity contribution in [3.63, 3.8) is 0 Å². The summed E-state index contributed by atoms with van der Waals surface area (Å²) in [6.07, 6.45) is 7.41. The highest BCUT2D eigenvalue weighted by atomic mass is 15.1. The first-order valence-electron chi connectivity index (χ1n) is 7.77. The Bertz CT molecular complexity index is 230. The Morgan fingerprint density at radius 3 is 2.18 bits per heavy atom. The molecule has 1 nitrogen and oxygen atoms in total. The van der Waals surface area contributed by atoms with Gasteiger partial charge in [0.25, 0.3) is 0 Å². The fraction of sp³-hybridized carbons (Fsp3) is 1.00. The third-order valence-electron chi connectivity index (χ3n) is 5.38. The predicted octanol–water partition coefficient (Wildman–Crippen LogP) is 4.18. The van der Waals surface area contributed by atoms with Crippen LogP contribution in [0, 0.1) is 23.2 Å². The minimum absolute atomic E-state index is 0.779. The second kappa shape index (κ2) is 5.30. The van der Waals surface area contributed by atoms with E-state index in [1.807, 2.05) is 0 Å². The molecule has 1 atom stereocenters. The van der Waals surface area contributed by atoms with Crippen LogP contribution >= 0.6 is 0 Å². The molecule has 0 N–H and O–H groups in total. The lowest BCUT2D eigenvalue weighted by Crippen LogP contribution is -2.49. The first-order chi connectivity index (χ1) is 8.04. The molecule has 17 heavy (non-hydrogen) atoms. The van der Waals surface area contributed by atoms with Crippen LogP contribution in [0.2, 0.25) is 0 Å². The average molecular weight is 237 g/mol. The number of hydrogen-bond acceptors (Lipinski definition) is 1. The maximum Gasteiger partial charge on any atom is 0.000439 e. The summed E-state index contributed by atoms with van der Waals surface area (Å²) in [6.45, 7) is 13.5. The summed E-state index contributed by atoms with van der Waals surface area (Å²) in [4.78, 5) is 2.69. The molecule has 0 aromatic rings. The molecule has 1 heterocycles. The largest absolute Gasteiger partial charge is 0.303 e. The second-order valence-electron chi connectivity index (χ2n) is 7.25. The zero-order valence-corrected chi connectivity index (χ0v) is 12.3. The van der Waals surface area contributed by atoms with Crippen molar-refractivity contribution < 1.29 is 0 Å². The lowest BCUT2D eigenvalue weighted by atomic mass is 9.54. The molecule has 1 aliphatic carbocycles. The molecular weight excluding hydrogens is 206 g/mol. The van der Waals surface area contributed by atoms with Gasteiger partial charge in [-0.2, -0.15) is 0 Å². The summed E-state index contributed by atoms with van der Waals surface area (Å²) in [5, 5.41) is 0. The van der Waals surface area contributed by atoms with Gasteiger partial charge in [-0.15, -0.1) is 0 Å². The number of nitrogens with zero attached hydrogens (tertiary/aromatic N) is 1. The molecule has 100 valence electrons. The van der Waals surface area contributed by atoms with Crippen LogP contribution in [0.5, 0.6) is 0 Å². The van der Waals surface area contributed by atoms with Gasteiger partial charge < -0.3 is 4.90 Å². The van der Waals surface area contributed by atoms with E-state index in [0.717, 1.165) is 23.2 Å². The molecule has 0 aromatic carbocycles. The van der Waals surface area contributed by atoms with Crippen molar-refractivity contribution in [2.24, 2.45) is 23.2 Å². The van der Waals surface area contributed by atoms with Crippen molar-refractivity contribution >= 4 is 0 Å². The first-order valence-corrected chi connectivity index (χ1v) is 7.77. The molecule has 2 aliphatic rings. The fourth-order valence-electron chi connectivity index (χ4n) is 3.92. The van der Waals surface area contributed by atoms with Crippen LogP contribution in [-0.4, -0.2) is 24.5 Å². The van der Waals surface area contributed by atoms with E-state index in [-0.39, 0.29) is 0 Å². The zero-order chi connectivity index (χ0) is 12.5. The van der Waals surface area contributed by atoms with E-state index in [9.17, 15) is 0 Å².